The van der Waals surface area contributed by atoms with Gasteiger partial charge in [0, 0.05) is 13.1 Å². The van der Waals surface area contributed by atoms with E-state index in [0.717, 1.165) is 5.56 Å². The second kappa shape index (κ2) is 6.50. The Morgan fingerprint density at radius 3 is 2.55 bits per heavy atom. The minimum atomic E-state index is -3.59. The molecule has 6 nitrogen and oxygen atoms in total. The molecule has 0 aliphatic heterocycles. The summed E-state index contributed by atoms with van der Waals surface area (Å²) >= 11 is 0. The van der Waals surface area contributed by atoms with Gasteiger partial charge in [0.2, 0.25) is 10.0 Å². The summed E-state index contributed by atoms with van der Waals surface area (Å²) in [5, 5.41) is 3.82. The van der Waals surface area contributed by atoms with Crippen molar-refractivity contribution in [3.05, 3.63) is 41.3 Å². The average molecular weight is 324 g/mol. The van der Waals surface area contributed by atoms with Crippen LogP contribution in [0.2, 0.25) is 0 Å². The Morgan fingerprint density at radius 1 is 1.27 bits per heavy atom. The molecule has 2 rings (SSSR count). The number of aromatic nitrogens is 1. The molecule has 0 bridgehead atoms. The summed E-state index contributed by atoms with van der Waals surface area (Å²) < 4.78 is 36.8. The number of rotatable bonds is 6. The van der Waals surface area contributed by atoms with Crippen molar-refractivity contribution in [2.24, 2.45) is 0 Å². The van der Waals surface area contributed by atoms with Crippen LogP contribution < -0.4 is 4.74 Å². The highest BCUT2D eigenvalue weighted by Crippen LogP contribution is 2.24. The van der Waals surface area contributed by atoms with E-state index in [2.05, 4.69) is 5.16 Å². The molecule has 0 atom stereocenters. The van der Waals surface area contributed by atoms with Gasteiger partial charge in [0.15, 0.2) is 0 Å². The number of hydrogen-bond acceptors (Lipinski definition) is 5. The molecule has 0 aliphatic rings. The van der Waals surface area contributed by atoms with Gasteiger partial charge in [-0.3, -0.25) is 0 Å². The average Bonchev–Trinajstić information content (AvgIpc) is 2.86. The second-order valence-corrected chi connectivity index (χ2v) is 7.10. The van der Waals surface area contributed by atoms with Crippen LogP contribution in [0, 0.1) is 13.8 Å². The Kier molecular flexibility index (Phi) is 4.87. The molecule has 0 aliphatic carbocycles. The molecule has 0 radical (unpaired) electrons. The molecule has 22 heavy (non-hydrogen) atoms. The molecule has 1 aromatic carbocycles. The molecule has 0 saturated carbocycles. The molecule has 120 valence electrons. The highest BCUT2D eigenvalue weighted by atomic mass is 32.2. The first-order valence-corrected chi connectivity index (χ1v) is 8.40. The second-order valence-electron chi connectivity index (χ2n) is 5.05. The van der Waals surface area contributed by atoms with Crippen molar-refractivity contribution >= 4 is 10.0 Å². The molecule has 0 unspecified atom stereocenters. The van der Waals surface area contributed by atoms with E-state index in [1.807, 2.05) is 13.8 Å². The normalized spacial score (nSPS) is 11.9. The van der Waals surface area contributed by atoms with Gasteiger partial charge in [-0.05, 0) is 44.5 Å². The minimum absolute atomic E-state index is 0.159. The Labute approximate surface area is 130 Å². The zero-order chi connectivity index (χ0) is 16.3. The number of benzene rings is 1. The van der Waals surface area contributed by atoms with Gasteiger partial charge in [-0.1, -0.05) is 5.16 Å². The number of aryl methyl sites for hydroxylation is 2. The fourth-order valence-corrected chi connectivity index (χ4v) is 3.31. The maximum Gasteiger partial charge on any atom is 0.243 e. The maximum atomic E-state index is 12.6. The fraction of sp³-hybridized carbons (Fsp3) is 0.400. The van der Waals surface area contributed by atoms with Crippen LogP contribution in [-0.2, 0) is 16.6 Å². The summed E-state index contributed by atoms with van der Waals surface area (Å²) in [5.41, 5.74) is 1.36. The smallest absolute Gasteiger partial charge is 0.243 e. The number of hydrogen-bond donors (Lipinski definition) is 0. The predicted octanol–water partition coefficient (Wildman–Crippen LogP) is 2.51. The van der Waals surface area contributed by atoms with E-state index in [1.54, 1.807) is 31.2 Å². The molecule has 7 heteroatoms. The standard InChI is InChI=1S/C15H20N2O4S/c1-5-20-15-7-6-14(8-11(15)2)22(18,19)17(4)10-13-9-12(3)21-16-13/h6-9H,5,10H2,1-4H3. The molecule has 2 aromatic rings. The van der Waals surface area contributed by atoms with Crippen LogP contribution in [-0.4, -0.2) is 31.5 Å². The summed E-state index contributed by atoms with van der Waals surface area (Å²) in [6.07, 6.45) is 0. The van der Waals surface area contributed by atoms with Gasteiger partial charge in [0.1, 0.15) is 11.5 Å². The third-order valence-corrected chi connectivity index (χ3v) is 5.02. The van der Waals surface area contributed by atoms with Crippen LogP contribution in [0.4, 0.5) is 0 Å². The predicted molar refractivity (Wildman–Crippen MR) is 82.2 cm³/mol. The number of nitrogens with zero attached hydrogens (tertiary/aromatic N) is 2. The van der Waals surface area contributed by atoms with E-state index in [0.29, 0.717) is 23.8 Å². The molecule has 1 aromatic heterocycles. The Hall–Kier alpha value is -1.86. The summed E-state index contributed by atoms with van der Waals surface area (Å²) in [4.78, 5) is 0.233. The lowest BCUT2D eigenvalue weighted by atomic mass is 10.2. The lowest BCUT2D eigenvalue weighted by Gasteiger charge is -2.17. The molecule has 0 amide bonds. The molecule has 1 heterocycles. The maximum absolute atomic E-state index is 12.6. The van der Waals surface area contributed by atoms with Crippen molar-refractivity contribution in [1.82, 2.24) is 9.46 Å². The van der Waals surface area contributed by atoms with Crippen molar-refractivity contribution in [3.63, 3.8) is 0 Å². The van der Waals surface area contributed by atoms with Gasteiger partial charge >= 0.3 is 0 Å². The van der Waals surface area contributed by atoms with Crippen molar-refractivity contribution in [1.29, 1.82) is 0 Å². The van der Waals surface area contributed by atoms with Crippen LogP contribution >= 0.6 is 0 Å². The lowest BCUT2D eigenvalue weighted by molar-refractivity contribution is 0.337. The van der Waals surface area contributed by atoms with Gasteiger partial charge in [-0.25, -0.2) is 8.42 Å². The lowest BCUT2D eigenvalue weighted by Crippen LogP contribution is -2.26. The van der Waals surface area contributed by atoms with Gasteiger partial charge in [0.25, 0.3) is 0 Å². The number of ether oxygens (including phenoxy) is 1. The van der Waals surface area contributed by atoms with E-state index in [1.165, 1.54) is 11.4 Å². The van der Waals surface area contributed by atoms with Gasteiger partial charge in [-0.2, -0.15) is 4.31 Å². The fourth-order valence-electron chi connectivity index (χ4n) is 2.09. The third kappa shape index (κ3) is 3.48. The SMILES string of the molecule is CCOc1ccc(S(=O)(=O)N(C)Cc2cc(C)on2)cc1C. The topological polar surface area (TPSA) is 72.6 Å². The summed E-state index contributed by atoms with van der Waals surface area (Å²) in [7, 11) is -2.07. The zero-order valence-corrected chi connectivity index (χ0v) is 14.0. The Bertz CT molecular complexity index is 753. The van der Waals surface area contributed by atoms with Gasteiger partial charge < -0.3 is 9.26 Å². The Balaban J connectivity index is 2.23. The monoisotopic (exact) mass is 324 g/mol. The van der Waals surface area contributed by atoms with Crippen LogP contribution in [0.1, 0.15) is 23.9 Å². The van der Waals surface area contributed by atoms with E-state index >= 15 is 0 Å². The Morgan fingerprint density at radius 2 is 2.00 bits per heavy atom. The van der Waals surface area contributed by atoms with Crippen LogP contribution in [0.25, 0.3) is 0 Å². The van der Waals surface area contributed by atoms with Crippen molar-refractivity contribution in [3.8, 4) is 5.75 Å². The highest BCUT2D eigenvalue weighted by Gasteiger charge is 2.22. The molecule has 0 saturated heterocycles. The first-order valence-electron chi connectivity index (χ1n) is 6.96. The van der Waals surface area contributed by atoms with Gasteiger partial charge in [0.05, 0.1) is 23.7 Å². The summed E-state index contributed by atoms with van der Waals surface area (Å²) in [6, 6.07) is 6.57. The van der Waals surface area contributed by atoms with E-state index in [9.17, 15) is 8.42 Å². The van der Waals surface area contributed by atoms with Crippen molar-refractivity contribution in [2.45, 2.75) is 32.2 Å². The molecular formula is C15H20N2O4S. The molecule has 0 N–H and O–H groups in total. The molecular weight excluding hydrogens is 304 g/mol. The van der Waals surface area contributed by atoms with Crippen LogP contribution in [0.5, 0.6) is 5.75 Å². The van der Waals surface area contributed by atoms with Crippen molar-refractivity contribution < 1.29 is 17.7 Å². The molecule has 0 spiro atoms. The van der Waals surface area contributed by atoms with E-state index < -0.39 is 10.0 Å². The highest BCUT2D eigenvalue weighted by molar-refractivity contribution is 7.89. The summed E-state index contributed by atoms with van der Waals surface area (Å²) in [5.74, 6) is 1.34. The van der Waals surface area contributed by atoms with Crippen LogP contribution in [0.15, 0.2) is 33.7 Å². The minimum Gasteiger partial charge on any atom is -0.494 e. The zero-order valence-electron chi connectivity index (χ0n) is 13.2. The third-order valence-electron chi connectivity index (χ3n) is 3.22. The number of sulfonamides is 1. The largest absolute Gasteiger partial charge is 0.494 e. The van der Waals surface area contributed by atoms with E-state index in [-0.39, 0.29) is 11.4 Å². The van der Waals surface area contributed by atoms with Gasteiger partial charge in [-0.15, -0.1) is 0 Å². The summed E-state index contributed by atoms with van der Waals surface area (Å²) in [6.45, 7) is 6.17. The molecule has 0 fully saturated rings. The first kappa shape index (κ1) is 16.5. The first-order chi connectivity index (χ1) is 10.3. The van der Waals surface area contributed by atoms with E-state index in [4.69, 9.17) is 9.26 Å². The quantitative estimate of drug-likeness (QED) is 0.816. The van der Waals surface area contributed by atoms with Crippen molar-refractivity contribution in [2.75, 3.05) is 13.7 Å². The van der Waals surface area contributed by atoms with Crippen LogP contribution in [0.3, 0.4) is 0 Å².